The zero-order chi connectivity index (χ0) is 15.0. The van der Waals surface area contributed by atoms with Crippen molar-refractivity contribution in [2.45, 2.75) is 37.1 Å². The Balaban J connectivity index is 2.53. The summed E-state index contributed by atoms with van der Waals surface area (Å²) in [4.78, 5) is 23.5. The van der Waals surface area contributed by atoms with E-state index in [1.165, 1.54) is 11.8 Å². The molecule has 6 heteroatoms. The minimum atomic E-state index is -0.381. The van der Waals surface area contributed by atoms with Gasteiger partial charge in [-0.2, -0.15) is 0 Å². The van der Waals surface area contributed by atoms with Crippen LogP contribution < -0.4 is 16.8 Å². The number of anilines is 1. The molecule has 5 nitrogen and oxygen atoms in total. The highest BCUT2D eigenvalue weighted by Crippen LogP contribution is 2.26. The number of nitrogens with two attached hydrogens (primary N) is 2. The highest BCUT2D eigenvalue weighted by molar-refractivity contribution is 8.00. The van der Waals surface area contributed by atoms with Gasteiger partial charge in [0.2, 0.25) is 11.8 Å². The summed E-state index contributed by atoms with van der Waals surface area (Å²) in [7, 11) is 0. The second-order valence-corrected chi connectivity index (χ2v) is 5.69. The third kappa shape index (κ3) is 6.58. The maximum absolute atomic E-state index is 11.8. The van der Waals surface area contributed by atoms with Gasteiger partial charge in [-0.15, -0.1) is 11.8 Å². The van der Waals surface area contributed by atoms with Gasteiger partial charge in [-0.1, -0.05) is 12.1 Å². The van der Waals surface area contributed by atoms with Gasteiger partial charge in [-0.05, 0) is 31.9 Å². The van der Waals surface area contributed by atoms with Gasteiger partial charge in [0.15, 0.2) is 0 Å². The number of rotatable bonds is 8. The lowest BCUT2D eigenvalue weighted by Gasteiger charge is -2.10. The third-order valence-electron chi connectivity index (χ3n) is 2.59. The van der Waals surface area contributed by atoms with Crippen LogP contribution >= 0.6 is 11.8 Å². The topological polar surface area (TPSA) is 98.2 Å². The molecule has 1 aromatic rings. The fraction of sp³-hybridized carbons (Fsp3) is 0.429. The number of hydrogen-bond donors (Lipinski definition) is 3. The van der Waals surface area contributed by atoms with Crippen molar-refractivity contribution in [3.8, 4) is 0 Å². The second kappa shape index (κ2) is 8.60. The minimum Gasteiger partial charge on any atom is -0.369 e. The fourth-order valence-corrected chi connectivity index (χ4v) is 2.39. The van der Waals surface area contributed by atoms with Crippen LogP contribution in [0.25, 0.3) is 0 Å². The molecule has 1 rings (SSSR count). The average molecular weight is 295 g/mol. The van der Waals surface area contributed by atoms with E-state index in [1.807, 2.05) is 31.2 Å². The highest BCUT2D eigenvalue weighted by atomic mass is 32.2. The van der Waals surface area contributed by atoms with Crippen molar-refractivity contribution in [3.63, 3.8) is 0 Å². The van der Waals surface area contributed by atoms with Gasteiger partial charge in [0.05, 0.1) is 11.4 Å². The van der Waals surface area contributed by atoms with Crippen LogP contribution in [-0.4, -0.2) is 23.6 Å². The molecule has 0 saturated heterocycles. The van der Waals surface area contributed by atoms with E-state index >= 15 is 0 Å². The number of thioether (sulfide) groups is 1. The van der Waals surface area contributed by atoms with Crippen LogP contribution in [0.15, 0.2) is 29.2 Å². The Kier molecular flexibility index (Phi) is 7.11. The lowest BCUT2D eigenvalue weighted by Crippen LogP contribution is -2.17. The maximum atomic E-state index is 11.8. The Morgan fingerprint density at radius 2 is 2.05 bits per heavy atom. The predicted octanol–water partition coefficient (Wildman–Crippen LogP) is 1.72. The number of para-hydroxylation sites is 1. The largest absolute Gasteiger partial charge is 0.369 e. The van der Waals surface area contributed by atoms with Crippen LogP contribution in [0.2, 0.25) is 0 Å². The molecule has 2 amide bonds. The standard InChI is InChI=1S/C14H21N3O2S/c1-10(15)5-4-8-14(19)17-11-6-2-3-7-12(11)20-9-13(16)18/h2-3,6-7,10H,4-5,8-9,15H2,1H3,(H2,16,18)(H,17,19). The maximum Gasteiger partial charge on any atom is 0.227 e. The Labute approximate surface area is 123 Å². The van der Waals surface area contributed by atoms with Gasteiger partial charge in [0.1, 0.15) is 0 Å². The van der Waals surface area contributed by atoms with Gasteiger partial charge in [-0.3, -0.25) is 9.59 Å². The van der Waals surface area contributed by atoms with Crippen LogP contribution in [0, 0.1) is 0 Å². The summed E-state index contributed by atoms with van der Waals surface area (Å²) in [6.45, 7) is 1.92. The van der Waals surface area contributed by atoms with Crippen molar-refractivity contribution in [2.75, 3.05) is 11.1 Å². The van der Waals surface area contributed by atoms with E-state index in [2.05, 4.69) is 5.32 Å². The first-order valence-electron chi connectivity index (χ1n) is 6.54. The molecule has 0 spiro atoms. The van der Waals surface area contributed by atoms with Crippen LogP contribution in [-0.2, 0) is 9.59 Å². The van der Waals surface area contributed by atoms with E-state index in [-0.39, 0.29) is 23.6 Å². The molecular weight excluding hydrogens is 274 g/mol. The number of hydrogen-bond acceptors (Lipinski definition) is 4. The van der Waals surface area contributed by atoms with Crippen molar-refractivity contribution in [1.29, 1.82) is 0 Å². The van der Waals surface area contributed by atoms with Crippen LogP contribution in [0.3, 0.4) is 0 Å². The van der Waals surface area contributed by atoms with E-state index < -0.39 is 0 Å². The molecule has 0 bridgehead atoms. The first-order chi connectivity index (χ1) is 9.49. The van der Waals surface area contributed by atoms with E-state index in [9.17, 15) is 9.59 Å². The molecule has 1 atom stereocenters. The molecule has 0 aliphatic rings. The smallest absolute Gasteiger partial charge is 0.227 e. The quantitative estimate of drug-likeness (QED) is 0.636. The Bertz CT molecular complexity index is 463. The summed E-state index contributed by atoms with van der Waals surface area (Å²) in [6, 6.07) is 7.47. The van der Waals surface area contributed by atoms with Crippen LogP contribution in [0.5, 0.6) is 0 Å². The molecule has 0 aliphatic heterocycles. The number of amides is 2. The summed E-state index contributed by atoms with van der Waals surface area (Å²) in [5, 5.41) is 2.86. The number of nitrogens with one attached hydrogen (secondary N) is 1. The molecule has 1 aromatic carbocycles. The molecule has 1 unspecified atom stereocenters. The third-order valence-corrected chi connectivity index (χ3v) is 3.69. The van der Waals surface area contributed by atoms with Gasteiger partial charge in [0, 0.05) is 17.4 Å². The summed E-state index contributed by atoms with van der Waals surface area (Å²) in [6.07, 6.45) is 2.03. The van der Waals surface area contributed by atoms with Crippen LogP contribution in [0.1, 0.15) is 26.2 Å². The molecule has 110 valence electrons. The van der Waals surface area contributed by atoms with E-state index in [0.717, 1.165) is 17.7 Å². The number of carbonyl (C=O) groups excluding carboxylic acids is 2. The second-order valence-electron chi connectivity index (χ2n) is 4.67. The molecule has 20 heavy (non-hydrogen) atoms. The first-order valence-corrected chi connectivity index (χ1v) is 7.53. The van der Waals surface area contributed by atoms with E-state index in [1.54, 1.807) is 0 Å². The molecule has 0 radical (unpaired) electrons. The summed E-state index contributed by atoms with van der Waals surface area (Å²) in [5.41, 5.74) is 11.5. The molecule has 0 aromatic heterocycles. The van der Waals surface area contributed by atoms with Gasteiger partial charge < -0.3 is 16.8 Å². The van der Waals surface area contributed by atoms with Gasteiger partial charge in [0.25, 0.3) is 0 Å². The number of primary amides is 1. The Morgan fingerprint density at radius 1 is 1.35 bits per heavy atom. The summed E-state index contributed by atoms with van der Waals surface area (Å²) < 4.78 is 0. The molecule has 0 fully saturated rings. The van der Waals surface area contributed by atoms with Crippen molar-refractivity contribution >= 4 is 29.3 Å². The fourth-order valence-electron chi connectivity index (χ4n) is 1.64. The lowest BCUT2D eigenvalue weighted by molar-refractivity contribution is -0.116. The predicted molar refractivity (Wildman–Crippen MR) is 82.5 cm³/mol. The zero-order valence-electron chi connectivity index (χ0n) is 11.6. The minimum absolute atomic E-state index is 0.0437. The summed E-state index contributed by atoms with van der Waals surface area (Å²) in [5.74, 6) is -0.233. The first kappa shape index (κ1) is 16.5. The molecule has 0 saturated carbocycles. The van der Waals surface area contributed by atoms with Crippen molar-refractivity contribution in [1.82, 2.24) is 0 Å². The Morgan fingerprint density at radius 3 is 2.70 bits per heavy atom. The van der Waals surface area contributed by atoms with E-state index in [0.29, 0.717) is 12.1 Å². The molecule has 0 heterocycles. The summed E-state index contributed by atoms with van der Waals surface area (Å²) >= 11 is 1.32. The Hall–Kier alpha value is -1.53. The normalized spacial score (nSPS) is 11.9. The van der Waals surface area contributed by atoms with Crippen molar-refractivity contribution in [3.05, 3.63) is 24.3 Å². The molecular formula is C14H21N3O2S. The number of carbonyl (C=O) groups is 2. The number of benzene rings is 1. The van der Waals surface area contributed by atoms with Crippen molar-refractivity contribution in [2.24, 2.45) is 11.5 Å². The monoisotopic (exact) mass is 295 g/mol. The molecule has 5 N–H and O–H groups in total. The highest BCUT2D eigenvalue weighted by Gasteiger charge is 2.08. The van der Waals surface area contributed by atoms with E-state index in [4.69, 9.17) is 11.5 Å². The zero-order valence-corrected chi connectivity index (χ0v) is 12.4. The average Bonchev–Trinajstić information content (AvgIpc) is 2.37. The SMILES string of the molecule is CC(N)CCCC(=O)Nc1ccccc1SCC(N)=O. The lowest BCUT2D eigenvalue weighted by atomic mass is 10.1. The van der Waals surface area contributed by atoms with Gasteiger partial charge in [-0.25, -0.2) is 0 Å². The van der Waals surface area contributed by atoms with Gasteiger partial charge >= 0.3 is 0 Å². The van der Waals surface area contributed by atoms with Crippen LogP contribution in [0.4, 0.5) is 5.69 Å². The molecule has 0 aliphatic carbocycles. The van der Waals surface area contributed by atoms with Crippen molar-refractivity contribution < 1.29 is 9.59 Å².